The number of rotatable bonds is 8. The van der Waals surface area contributed by atoms with Gasteiger partial charge in [0.2, 0.25) is 5.95 Å². The standard InChI is InChI=1S/C30H31N3O3/c1-4-35-29(34)26-27(21-11-6-5-7-12-21)32-30-31-24-15-8-9-16-25(24)33(30)28(26)22-13-10-14-23(19-22)36-18-17-20(2)3/h5-16,19-20,28H,4,17-18H2,1-3H3,(H,31,32). The van der Waals surface area contributed by atoms with Gasteiger partial charge in [-0.15, -0.1) is 0 Å². The van der Waals surface area contributed by atoms with Crippen LogP contribution in [0.25, 0.3) is 16.7 Å². The van der Waals surface area contributed by atoms with Crippen molar-refractivity contribution in [2.45, 2.75) is 33.2 Å². The highest BCUT2D eigenvalue weighted by Gasteiger charge is 2.36. The Morgan fingerprint density at radius 2 is 1.81 bits per heavy atom. The van der Waals surface area contributed by atoms with Crippen LogP contribution < -0.4 is 10.1 Å². The second-order valence-electron chi connectivity index (χ2n) is 9.30. The number of hydrogen-bond acceptors (Lipinski definition) is 5. The summed E-state index contributed by atoms with van der Waals surface area (Å²) in [5.74, 6) is 1.66. The fraction of sp³-hybridized carbons (Fsp3) is 0.267. The third kappa shape index (κ3) is 4.59. The average molecular weight is 482 g/mol. The highest BCUT2D eigenvalue weighted by atomic mass is 16.5. The normalized spacial score (nSPS) is 15.1. The summed E-state index contributed by atoms with van der Waals surface area (Å²) in [4.78, 5) is 18.5. The van der Waals surface area contributed by atoms with Gasteiger partial charge < -0.3 is 14.8 Å². The molecule has 1 aliphatic heterocycles. The molecule has 5 rings (SSSR count). The fourth-order valence-electron chi connectivity index (χ4n) is 4.60. The van der Waals surface area contributed by atoms with Crippen molar-refractivity contribution >= 4 is 28.6 Å². The number of imidazole rings is 1. The molecule has 1 unspecified atom stereocenters. The van der Waals surface area contributed by atoms with E-state index >= 15 is 0 Å². The third-order valence-electron chi connectivity index (χ3n) is 6.33. The number of esters is 1. The zero-order valence-electron chi connectivity index (χ0n) is 20.9. The highest BCUT2D eigenvalue weighted by molar-refractivity contribution is 6.03. The SMILES string of the molecule is CCOC(=O)C1=C(c2ccccc2)Nc2nc3ccccc3n2C1c1cccc(OCCC(C)C)c1. The van der Waals surface area contributed by atoms with Gasteiger partial charge >= 0.3 is 5.97 Å². The number of carbonyl (C=O) groups is 1. The Labute approximate surface area is 211 Å². The molecule has 0 aliphatic carbocycles. The second kappa shape index (κ2) is 10.3. The monoisotopic (exact) mass is 481 g/mol. The molecule has 0 saturated heterocycles. The maximum absolute atomic E-state index is 13.6. The van der Waals surface area contributed by atoms with Gasteiger partial charge in [0.05, 0.1) is 41.6 Å². The Hall–Kier alpha value is -4.06. The Balaban J connectivity index is 1.71. The van der Waals surface area contributed by atoms with Crippen LogP contribution in [0.15, 0.2) is 84.4 Å². The van der Waals surface area contributed by atoms with Crippen LogP contribution in [0.2, 0.25) is 0 Å². The predicted molar refractivity (Wildman–Crippen MR) is 143 cm³/mol. The molecule has 3 aromatic carbocycles. The zero-order chi connectivity index (χ0) is 25.1. The number of ether oxygens (including phenoxy) is 2. The molecule has 6 nitrogen and oxygen atoms in total. The van der Waals surface area contributed by atoms with Crippen molar-refractivity contribution in [2.75, 3.05) is 18.5 Å². The molecule has 4 aromatic rings. The van der Waals surface area contributed by atoms with E-state index in [1.54, 1.807) is 0 Å². The minimum atomic E-state index is -0.448. The maximum atomic E-state index is 13.6. The topological polar surface area (TPSA) is 65.4 Å². The molecule has 0 spiro atoms. The van der Waals surface area contributed by atoms with E-state index in [1.165, 1.54) is 0 Å². The van der Waals surface area contributed by atoms with Crippen LogP contribution in [-0.2, 0) is 9.53 Å². The number of carbonyl (C=O) groups excluding carboxylic acids is 1. The van der Waals surface area contributed by atoms with E-state index in [0.717, 1.165) is 34.3 Å². The summed E-state index contributed by atoms with van der Waals surface area (Å²) < 4.78 is 13.8. The van der Waals surface area contributed by atoms with Crippen LogP contribution >= 0.6 is 0 Å². The molecular formula is C30H31N3O3. The van der Waals surface area contributed by atoms with Gasteiger partial charge in [0.15, 0.2) is 0 Å². The van der Waals surface area contributed by atoms with Gasteiger partial charge in [-0.3, -0.25) is 4.57 Å². The van der Waals surface area contributed by atoms with Gasteiger partial charge in [0.1, 0.15) is 5.75 Å². The largest absolute Gasteiger partial charge is 0.494 e. The number of hydrogen-bond donors (Lipinski definition) is 1. The van der Waals surface area contributed by atoms with Crippen molar-refractivity contribution in [3.05, 3.63) is 95.6 Å². The summed E-state index contributed by atoms with van der Waals surface area (Å²) in [6, 6.07) is 25.4. The average Bonchev–Trinajstić information content (AvgIpc) is 3.26. The highest BCUT2D eigenvalue weighted by Crippen LogP contribution is 2.42. The quantitative estimate of drug-likeness (QED) is 0.293. The lowest BCUT2D eigenvalue weighted by Crippen LogP contribution is -2.29. The molecule has 1 aliphatic rings. The first-order valence-corrected chi connectivity index (χ1v) is 12.5. The second-order valence-corrected chi connectivity index (χ2v) is 9.30. The van der Waals surface area contributed by atoms with Gasteiger partial charge in [-0.2, -0.15) is 0 Å². The fourth-order valence-corrected chi connectivity index (χ4v) is 4.60. The zero-order valence-corrected chi connectivity index (χ0v) is 20.9. The number of nitrogens with zero attached hydrogens (tertiary/aromatic N) is 2. The smallest absolute Gasteiger partial charge is 0.338 e. The lowest BCUT2D eigenvalue weighted by molar-refractivity contribution is -0.138. The van der Waals surface area contributed by atoms with E-state index in [9.17, 15) is 4.79 Å². The lowest BCUT2D eigenvalue weighted by Gasteiger charge is -2.31. The number of anilines is 1. The van der Waals surface area contributed by atoms with Gasteiger partial charge in [-0.05, 0) is 54.7 Å². The molecule has 36 heavy (non-hydrogen) atoms. The first-order valence-electron chi connectivity index (χ1n) is 12.5. The molecule has 6 heteroatoms. The summed E-state index contributed by atoms with van der Waals surface area (Å²) in [6.45, 7) is 7.12. The number of aromatic nitrogens is 2. The van der Waals surface area contributed by atoms with E-state index in [2.05, 4.69) is 23.7 Å². The molecular weight excluding hydrogens is 450 g/mol. The molecule has 1 N–H and O–H groups in total. The molecule has 0 fully saturated rings. The minimum Gasteiger partial charge on any atom is -0.494 e. The van der Waals surface area contributed by atoms with E-state index < -0.39 is 6.04 Å². The van der Waals surface area contributed by atoms with Gasteiger partial charge in [0.25, 0.3) is 0 Å². The molecule has 0 bridgehead atoms. The first kappa shape index (κ1) is 23.7. The Bertz CT molecular complexity index is 1410. The van der Waals surface area contributed by atoms with Crippen molar-refractivity contribution in [2.24, 2.45) is 5.92 Å². The van der Waals surface area contributed by atoms with E-state index in [1.807, 2.05) is 85.8 Å². The lowest BCUT2D eigenvalue weighted by atomic mass is 9.92. The Morgan fingerprint density at radius 3 is 2.58 bits per heavy atom. The Kier molecular flexibility index (Phi) is 6.76. The molecule has 1 atom stereocenters. The van der Waals surface area contributed by atoms with Crippen molar-refractivity contribution in [1.82, 2.24) is 9.55 Å². The molecule has 0 radical (unpaired) electrons. The van der Waals surface area contributed by atoms with Crippen molar-refractivity contribution in [1.29, 1.82) is 0 Å². The van der Waals surface area contributed by atoms with Gasteiger partial charge in [-0.1, -0.05) is 68.4 Å². The summed E-state index contributed by atoms with van der Waals surface area (Å²) in [7, 11) is 0. The van der Waals surface area contributed by atoms with Crippen LogP contribution in [0.3, 0.4) is 0 Å². The first-order chi connectivity index (χ1) is 17.6. The molecule has 2 heterocycles. The van der Waals surface area contributed by atoms with Gasteiger partial charge in [-0.25, -0.2) is 9.78 Å². The van der Waals surface area contributed by atoms with Crippen LogP contribution in [0.4, 0.5) is 5.95 Å². The third-order valence-corrected chi connectivity index (χ3v) is 6.33. The minimum absolute atomic E-state index is 0.285. The molecule has 184 valence electrons. The molecule has 0 saturated carbocycles. The van der Waals surface area contributed by atoms with Crippen LogP contribution in [0.1, 0.15) is 44.4 Å². The van der Waals surface area contributed by atoms with Crippen molar-refractivity contribution < 1.29 is 14.3 Å². The predicted octanol–water partition coefficient (Wildman–Crippen LogP) is 6.45. The Morgan fingerprint density at radius 1 is 1.03 bits per heavy atom. The van der Waals surface area contributed by atoms with Crippen molar-refractivity contribution in [3.8, 4) is 5.75 Å². The molecule has 1 aromatic heterocycles. The number of nitrogens with one attached hydrogen (secondary N) is 1. The molecule has 0 amide bonds. The number of benzene rings is 3. The summed E-state index contributed by atoms with van der Waals surface area (Å²) in [5, 5.41) is 3.45. The number of para-hydroxylation sites is 2. The summed E-state index contributed by atoms with van der Waals surface area (Å²) >= 11 is 0. The summed E-state index contributed by atoms with van der Waals surface area (Å²) in [6.07, 6.45) is 0.972. The van der Waals surface area contributed by atoms with Crippen LogP contribution in [0.5, 0.6) is 5.75 Å². The van der Waals surface area contributed by atoms with Crippen LogP contribution in [-0.4, -0.2) is 28.7 Å². The maximum Gasteiger partial charge on any atom is 0.338 e. The van der Waals surface area contributed by atoms with E-state index in [4.69, 9.17) is 14.5 Å². The van der Waals surface area contributed by atoms with Crippen molar-refractivity contribution in [3.63, 3.8) is 0 Å². The van der Waals surface area contributed by atoms with E-state index in [-0.39, 0.29) is 12.6 Å². The van der Waals surface area contributed by atoms with Crippen LogP contribution in [0, 0.1) is 5.92 Å². The summed E-state index contributed by atoms with van der Waals surface area (Å²) in [5.41, 5.74) is 4.86. The number of fused-ring (bicyclic) bond motifs is 3. The van der Waals surface area contributed by atoms with Gasteiger partial charge in [0, 0.05) is 0 Å². The van der Waals surface area contributed by atoms with E-state index in [0.29, 0.717) is 29.7 Å².